The molecule has 100 valence electrons. The number of aromatic amines is 1. The third-order valence-electron chi connectivity index (χ3n) is 4.05. The van der Waals surface area contributed by atoms with E-state index in [1.54, 1.807) is 0 Å². The van der Waals surface area contributed by atoms with Crippen LogP contribution in [0.1, 0.15) is 30.2 Å². The van der Waals surface area contributed by atoms with E-state index in [0.29, 0.717) is 0 Å². The molecular weight excluding hydrogens is 240 g/mol. The summed E-state index contributed by atoms with van der Waals surface area (Å²) in [7, 11) is 0. The smallest absolute Gasteiger partial charge is 0.405 e. The minimum atomic E-state index is -0.943. The van der Waals surface area contributed by atoms with Crippen molar-refractivity contribution in [3.05, 3.63) is 35.0 Å². The summed E-state index contributed by atoms with van der Waals surface area (Å²) in [6.45, 7) is 4.06. The molecule has 1 aliphatic carbocycles. The van der Waals surface area contributed by atoms with Gasteiger partial charge in [0.25, 0.3) is 0 Å². The van der Waals surface area contributed by atoms with Gasteiger partial charge in [-0.15, -0.1) is 0 Å². The molecule has 19 heavy (non-hydrogen) atoms. The summed E-state index contributed by atoms with van der Waals surface area (Å²) in [6.07, 6.45) is 1.52. The number of hydrogen-bond donors (Lipinski definition) is 3. The summed E-state index contributed by atoms with van der Waals surface area (Å²) in [5.74, 6) is 0. The Hall–Kier alpha value is -1.97. The molecule has 4 nitrogen and oxygen atoms in total. The Bertz CT molecular complexity index is 659. The number of fused-ring (bicyclic) bond motifs is 3. The Balaban J connectivity index is 2.04. The van der Waals surface area contributed by atoms with Gasteiger partial charge in [0.2, 0.25) is 0 Å². The van der Waals surface area contributed by atoms with Gasteiger partial charge in [0.05, 0.1) is 0 Å². The number of aromatic nitrogens is 1. The van der Waals surface area contributed by atoms with Crippen molar-refractivity contribution in [1.29, 1.82) is 0 Å². The molecule has 0 saturated heterocycles. The van der Waals surface area contributed by atoms with E-state index in [0.717, 1.165) is 24.8 Å². The fourth-order valence-corrected chi connectivity index (χ4v) is 3.08. The highest BCUT2D eigenvalue weighted by atomic mass is 16.4. The van der Waals surface area contributed by atoms with E-state index in [-0.39, 0.29) is 5.54 Å². The Morgan fingerprint density at radius 1 is 1.47 bits per heavy atom. The number of hydrogen-bond acceptors (Lipinski definition) is 1. The summed E-state index contributed by atoms with van der Waals surface area (Å²) in [4.78, 5) is 14.4. The van der Waals surface area contributed by atoms with E-state index in [2.05, 4.69) is 35.4 Å². The average Bonchev–Trinajstić information content (AvgIpc) is 2.64. The quantitative estimate of drug-likeness (QED) is 0.736. The van der Waals surface area contributed by atoms with Crippen molar-refractivity contribution in [3.63, 3.8) is 0 Å². The van der Waals surface area contributed by atoms with Crippen LogP contribution < -0.4 is 5.32 Å². The molecule has 1 heterocycles. The highest BCUT2D eigenvalue weighted by molar-refractivity contribution is 5.85. The Morgan fingerprint density at radius 2 is 2.26 bits per heavy atom. The van der Waals surface area contributed by atoms with Gasteiger partial charge in [-0.05, 0) is 50.3 Å². The molecule has 2 aromatic rings. The zero-order valence-corrected chi connectivity index (χ0v) is 11.2. The van der Waals surface area contributed by atoms with Crippen molar-refractivity contribution >= 4 is 17.0 Å². The molecule has 0 radical (unpaired) electrons. The molecule has 1 unspecified atom stereocenters. The number of carbonyl (C=O) groups is 1. The SMILES string of the molecule is Cc1ccc2c3c([nH]c2c1)CCC(C)(NC(=O)O)C3. The number of benzene rings is 1. The van der Waals surface area contributed by atoms with Crippen molar-refractivity contribution in [2.24, 2.45) is 0 Å². The van der Waals surface area contributed by atoms with Crippen LogP contribution in [0.3, 0.4) is 0 Å². The molecule has 0 saturated carbocycles. The van der Waals surface area contributed by atoms with E-state index in [1.165, 1.54) is 22.2 Å². The molecule has 4 heteroatoms. The highest BCUT2D eigenvalue weighted by Crippen LogP contribution is 2.34. The summed E-state index contributed by atoms with van der Waals surface area (Å²) >= 11 is 0. The minimum Gasteiger partial charge on any atom is -0.465 e. The van der Waals surface area contributed by atoms with Crippen LogP contribution in [0.2, 0.25) is 0 Å². The zero-order chi connectivity index (χ0) is 13.6. The topological polar surface area (TPSA) is 65.1 Å². The first-order valence-electron chi connectivity index (χ1n) is 6.58. The predicted octanol–water partition coefficient (Wildman–Crippen LogP) is 2.99. The largest absolute Gasteiger partial charge is 0.465 e. The van der Waals surface area contributed by atoms with Crippen LogP contribution in [0, 0.1) is 6.92 Å². The fraction of sp³-hybridized carbons (Fsp3) is 0.400. The van der Waals surface area contributed by atoms with Crippen LogP contribution >= 0.6 is 0 Å². The van der Waals surface area contributed by atoms with Gasteiger partial charge in [-0.2, -0.15) is 0 Å². The number of rotatable bonds is 1. The Morgan fingerprint density at radius 3 is 3.00 bits per heavy atom. The van der Waals surface area contributed by atoms with Gasteiger partial charge in [-0.3, -0.25) is 0 Å². The van der Waals surface area contributed by atoms with Crippen LogP contribution in [0.25, 0.3) is 10.9 Å². The second-order valence-corrected chi connectivity index (χ2v) is 5.80. The molecule has 3 rings (SSSR count). The lowest BCUT2D eigenvalue weighted by Crippen LogP contribution is -2.49. The first-order valence-corrected chi connectivity index (χ1v) is 6.58. The number of aryl methyl sites for hydroxylation is 2. The van der Waals surface area contributed by atoms with E-state index in [4.69, 9.17) is 5.11 Å². The maximum Gasteiger partial charge on any atom is 0.405 e. The standard InChI is InChI=1S/C15H18N2O2/c1-9-3-4-10-11-8-15(2,17-14(18)19)6-5-12(11)16-13(10)7-9/h3-4,7,16-17H,5-6,8H2,1-2H3,(H,18,19). The number of nitrogens with one attached hydrogen (secondary N) is 2. The van der Waals surface area contributed by atoms with E-state index in [9.17, 15) is 4.79 Å². The molecule has 1 amide bonds. The third kappa shape index (κ3) is 2.07. The zero-order valence-electron chi connectivity index (χ0n) is 11.2. The monoisotopic (exact) mass is 258 g/mol. The summed E-state index contributed by atoms with van der Waals surface area (Å²) in [5.41, 5.74) is 4.55. The van der Waals surface area contributed by atoms with Gasteiger partial charge in [-0.25, -0.2) is 4.79 Å². The normalized spacial score (nSPS) is 22.2. The minimum absolute atomic E-state index is 0.362. The molecule has 0 aliphatic heterocycles. The molecular formula is C15H18N2O2. The molecule has 3 N–H and O–H groups in total. The van der Waals surface area contributed by atoms with Gasteiger partial charge in [0, 0.05) is 22.1 Å². The number of H-pyrrole nitrogens is 1. The molecule has 0 spiro atoms. The van der Waals surface area contributed by atoms with Crippen molar-refractivity contribution in [2.45, 2.75) is 38.6 Å². The number of amides is 1. The molecule has 0 fully saturated rings. The molecule has 1 aliphatic rings. The van der Waals surface area contributed by atoms with Crippen LogP contribution in [-0.2, 0) is 12.8 Å². The van der Waals surface area contributed by atoms with E-state index in [1.807, 2.05) is 6.92 Å². The van der Waals surface area contributed by atoms with Gasteiger partial charge >= 0.3 is 6.09 Å². The third-order valence-corrected chi connectivity index (χ3v) is 4.05. The lowest BCUT2D eigenvalue weighted by Gasteiger charge is -2.33. The molecule has 1 aromatic carbocycles. The van der Waals surface area contributed by atoms with Crippen molar-refractivity contribution in [1.82, 2.24) is 10.3 Å². The first kappa shape index (κ1) is 12.1. The average molecular weight is 258 g/mol. The maximum absolute atomic E-state index is 10.9. The second kappa shape index (κ2) is 4.02. The van der Waals surface area contributed by atoms with Gasteiger partial charge in [0.15, 0.2) is 0 Å². The fourth-order valence-electron chi connectivity index (χ4n) is 3.08. The molecule has 0 bridgehead atoms. The Kier molecular flexibility index (Phi) is 2.55. The van der Waals surface area contributed by atoms with E-state index >= 15 is 0 Å². The number of carboxylic acid groups (broad SMARTS) is 1. The summed E-state index contributed by atoms with van der Waals surface area (Å²) in [6, 6.07) is 6.38. The first-order chi connectivity index (χ1) is 8.97. The molecule has 1 atom stereocenters. The predicted molar refractivity (Wildman–Crippen MR) is 74.6 cm³/mol. The summed E-state index contributed by atoms with van der Waals surface area (Å²) in [5, 5.41) is 12.8. The van der Waals surface area contributed by atoms with Crippen molar-refractivity contribution < 1.29 is 9.90 Å². The molecule has 1 aromatic heterocycles. The van der Waals surface area contributed by atoms with Gasteiger partial charge in [0.1, 0.15) is 0 Å². The van der Waals surface area contributed by atoms with Crippen LogP contribution in [0.4, 0.5) is 4.79 Å². The lowest BCUT2D eigenvalue weighted by atomic mass is 9.81. The van der Waals surface area contributed by atoms with Crippen molar-refractivity contribution in [2.75, 3.05) is 0 Å². The Labute approximate surface area is 111 Å². The van der Waals surface area contributed by atoms with Gasteiger partial charge < -0.3 is 15.4 Å². The maximum atomic E-state index is 10.9. The lowest BCUT2D eigenvalue weighted by molar-refractivity contribution is 0.176. The van der Waals surface area contributed by atoms with Crippen LogP contribution in [0.5, 0.6) is 0 Å². The second-order valence-electron chi connectivity index (χ2n) is 5.80. The van der Waals surface area contributed by atoms with Crippen LogP contribution in [0.15, 0.2) is 18.2 Å². The van der Waals surface area contributed by atoms with Crippen molar-refractivity contribution in [3.8, 4) is 0 Å². The highest BCUT2D eigenvalue weighted by Gasteiger charge is 2.33. The van der Waals surface area contributed by atoms with E-state index < -0.39 is 6.09 Å². The van der Waals surface area contributed by atoms with Crippen LogP contribution in [-0.4, -0.2) is 21.7 Å². The summed E-state index contributed by atoms with van der Waals surface area (Å²) < 4.78 is 0. The van der Waals surface area contributed by atoms with Gasteiger partial charge in [-0.1, -0.05) is 12.1 Å².